The largest absolute Gasteiger partial charge is 0.494 e. The minimum atomic E-state index is -0.0824. The van der Waals surface area contributed by atoms with Crippen LogP contribution < -0.4 is 20.7 Å². The fourth-order valence-electron chi connectivity index (χ4n) is 2.39. The molecule has 27 heavy (non-hydrogen) atoms. The smallest absolute Gasteiger partial charge is 0.251 e. The predicted octanol–water partition coefficient (Wildman–Crippen LogP) is 2.80. The second kappa shape index (κ2) is 13.0. The van der Waals surface area contributed by atoms with E-state index in [9.17, 15) is 4.79 Å². The highest BCUT2D eigenvalue weighted by Gasteiger charge is 2.05. The minimum absolute atomic E-state index is 0. The number of aliphatic imine (C=N–C) groups is 1. The van der Waals surface area contributed by atoms with Crippen LogP contribution in [0, 0.1) is 0 Å². The molecule has 0 unspecified atom stereocenters. The molecule has 0 radical (unpaired) electrons. The van der Waals surface area contributed by atoms with Crippen molar-refractivity contribution in [2.45, 2.75) is 13.5 Å². The first-order chi connectivity index (χ1) is 12.7. The van der Waals surface area contributed by atoms with Crippen LogP contribution in [0.15, 0.2) is 59.6 Å². The first-order valence-corrected chi connectivity index (χ1v) is 8.73. The quantitative estimate of drug-likeness (QED) is 0.234. The zero-order valence-electron chi connectivity index (χ0n) is 15.7. The Morgan fingerprint density at radius 2 is 1.63 bits per heavy atom. The van der Waals surface area contributed by atoms with Gasteiger partial charge in [0.15, 0.2) is 5.96 Å². The van der Waals surface area contributed by atoms with Crippen LogP contribution in [0.5, 0.6) is 5.75 Å². The van der Waals surface area contributed by atoms with Crippen LogP contribution in [0.2, 0.25) is 0 Å². The van der Waals surface area contributed by atoms with E-state index >= 15 is 0 Å². The van der Waals surface area contributed by atoms with Crippen molar-refractivity contribution in [1.82, 2.24) is 16.0 Å². The zero-order valence-corrected chi connectivity index (χ0v) is 18.0. The molecule has 146 valence electrons. The number of amides is 1. The van der Waals surface area contributed by atoms with Gasteiger partial charge in [-0.3, -0.25) is 9.79 Å². The van der Waals surface area contributed by atoms with Gasteiger partial charge in [-0.2, -0.15) is 0 Å². The summed E-state index contributed by atoms with van der Waals surface area (Å²) in [5.74, 6) is 1.46. The normalized spacial score (nSPS) is 10.5. The van der Waals surface area contributed by atoms with Gasteiger partial charge in [-0.1, -0.05) is 36.4 Å². The summed E-state index contributed by atoms with van der Waals surface area (Å²) in [7, 11) is 1.71. The van der Waals surface area contributed by atoms with Crippen LogP contribution >= 0.6 is 24.0 Å². The molecular formula is C20H27IN4O2. The maximum absolute atomic E-state index is 12.0. The molecular weight excluding hydrogens is 455 g/mol. The lowest BCUT2D eigenvalue weighted by atomic mass is 10.2. The van der Waals surface area contributed by atoms with Crippen molar-refractivity contribution >= 4 is 35.8 Å². The summed E-state index contributed by atoms with van der Waals surface area (Å²) in [5.41, 5.74) is 1.72. The Bertz CT molecular complexity index is 723. The molecule has 0 aliphatic rings. The topological polar surface area (TPSA) is 74.8 Å². The number of carbonyl (C=O) groups is 1. The fraction of sp³-hybridized carbons (Fsp3) is 0.300. The molecule has 0 aliphatic heterocycles. The Kier molecular flexibility index (Phi) is 10.9. The third-order valence-electron chi connectivity index (χ3n) is 3.68. The van der Waals surface area contributed by atoms with Crippen LogP contribution in [-0.2, 0) is 6.54 Å². The number of carbonyl (C=O) groups excluding carboxylic acids is 1. The molecule has 2 aromatic rings. The first kappa shape index (κ1) is 22.8. The highest BCUT2D eigenvalue weighted by atomic mass is 127. The number of para-hydroxylation sites is 1. The van der Waals surface area contributed by atoms with Gasteiger partial charge in [0.05, 0.1) is 6.61 Å². The third kappa shape index (κ3) is 7.86. The number of benzene rings is 2. The molecule has 0 spiro atoms. The molecule has 0 aromatic heterocycles. The van der Waals surface area contributed by atoms with Gasteiger partial charge < -0.3 is 20.7 Å². The Hall–Kier alpha value is -2.29. The summed E-state index contributed by atoms with van der Waals surface area (Å²) < 4.78 is 5.62. The molecule has 2 rings (SSSR count). The Morgan fingerprint density at radius 3 is 2.33 bits per heavy atom. The molecule has 0 fully saturated rings. The number of hydrogen-bond acceptors (Lipinski definition) is 3. The van der Waals surface area contributed by atoms with E-state index in [2.05, 4.69) is 20.9 Å². The van der Waals surface area contributed by atoms with Gasteiger partial charge in [0.2, 0.25) is 0 Å². The van der Waals surface area contributed by atoms with Crippen molar-refractivity contribution in [3.8, 4) is 5.75 Å². The standard InChI is InChI=1S/C20H26N4O2.HI/c1-3-26-18-12-8-7-11-17(18)15-24-20(21-2)23-14-13-22-19(25)16-9-5-4-6-10-16;/h4-12H,3,13-15H2,1-2H3,(H,22,25)(H2,21,23,24);1H. The molecule has 0 atom stereocenters. The number of nitrogens with zero attached hydrogens (tertiary/aromatic N) is 1. The number of guanidine groups is 1. The second-order valence-corrected chi connectivity index (χ2v) is 5.52. The van der Waals surface area contributed by atoms with Crippen molar-refractivity contribution in [3.63, 3.8) is 0 Å². The summed E-state index contributed by atoms with van der Waals surface area (Å²) >= 11 is 0. The molecule has 0 bridgehead atoms. The van der Waals surface area contributed by atoms with E-state index in [0.717, 1.165) is 11.3 Å². The minimum Gasteiger partial charge on any atom is -0.494 e. The van der Waals surface area contributed by atoms with E-state index in [1.807, 2.05) is 49.4 Å². The highest BCUT2D eigenvalue weighted by molar-refractivity contribution is 14.0. The average Bonchev–Trinajstić information content (AvgIpc) is 2.69. The van der Waals surface area contributed by atoms with Crippen LogP contribution in [0.25, 0.3) is 0 Å². The number of hydrogen-bond donors (Lipinski definition) is 3. The van der Waals surface area contributed by atoms with Crippen molar-refractivity contribution < 1.29 is 9.53 Å². The molecule has 0 aliphatic carbocycles. The van der Waals surface area contributed by atoms with Gasteiger partial charge in [-0.15, -0.1) is 24.0 Å². The molecule has 0 heterocycles. The predicted molar refractivity (Wildman–Crippen MR) is 120 cm³/mol. The first-order valence-electron chi connectivity index (χ1n) is 8.73. The summed E-state index contributed by atoms with van der Waals surface area (Å²) in [6.45, 7) is 4.28. The Balaban J connectivity index is 0.00000364. The van der Waals surface area contributed by atoms with Gasteiger partial charge in [-0.25, -0.2) is 0 Å². The average molecular weight is 482 g/mol. The van der Waals surface area contributed by atoms with Crippen LogP contribution in [0.1, 0.15) is 22.8 Å². The van der Waals surface area contributed by atoms with Crippen LogP contribution in [0.4, 0.5) is 0 Å². The monoisotopic (exact) mass is 482 g/mol. The van der Waals surface area contributed by atoms with E-state index in [1.54, 1.807) is 19.2 Å². The van der Waals surface area contributed by atoms with Gasteiger partial charge >= 0.3 is 0 Å². The van der Waals surface area contributed by atoms with Crippen LogP contribution in [-0.4, -0.2) is 38.6 Å². The maximum atomic E-state index is 12.0. The molecule has 3 N–H and O–H groups in total. The SMILES string of the molecule is CCOc1ccccc1CNC(=NC)NCCNC(=O)c1ccccc1.I. The molecule has 6 nitrogen and oxygen atoms in total. The lowest BCUT2D eigenvalue weighted by Gasteiger charge is -2.14. The van der Waals surface area contributed by atoms with Crippen molar-refractivity contribution in [2.24, 2.45) is 4.99 Å². The second-order valence-electron chi connectivity index (χ2n) is 5.52. The van der Waals surface area contributed by atoms with Gasteiger partial charge in [-0.05, 0) is 25.1 Å². The van der Waals surface area contributed by atoms with Gasteiger partial charge in [0.1, 0.15) is 5.75 Å². The lowest BCUT2D eigenvalue weighted by molar-refractivity contribution is 0.0954. The van der Waals surface area contributed by atoms with Gasteiger partial charge in [0.25, 0.3) is 5.91 Å². The van der Waals surface area contributed by atoms with E-state index in [0.29, 0.717) is 37.8 Å². The molecule has 2 aromatic carbocycles. The Morgan fingerprint density at radius 1 is 0.963 bits per heavy atom. The molecule has 1 amide bonds. The highest BCUT2D eigenvalue weighted by Crippen LogP contribution is 2.17. The van der Waals surface area contributed by atoms with Crippen molar-refractivity contribution in [2.75, 3.05) is 26.7 Å². The zero-order chi connectivity index (χ0) is 18.6. The molecule has 0 saturated heterocycles. The maximum Gasteiger partial charge on any atom is 0.251 e. The number of nitrogens with one attached hydrogen (secondary N) is 3. The summed E-state index contributed by atoms with van der Waals surface area (Å²) in [4.78, 5) is 16.2. The summed E-state index contributed by atoms with van der Waals surface area (Å²) in [5, 5.41) is 9.31. The summed E-state index contributed by atoms with van der Waals surface area (Å²) in [6.07, 6.45) is 0. The van der Waals surface area contributed by atoms with Crippen LogP contribution in [0.3, 0.4) is 0 Å². The number of halogens is 1. The molecule has 0 saturated carbocycles. The van der Waals surface area contributed by atoms with E-state index in [1.165, 1.54) is 0 Å². The lowest BCUT2D eigenvalue weighted by Crippen LogP contribution is -2.41. The van der Waals surface area contributed by atoms with E-state index in [-0.39, 0.29) is 29.9 Å². The summed E-state index contributed by atoms with van der Waals surface area (Å²) in [6, 6.07) is 17.1. The van der Waals surface area contributed by atoms with E-state index in [4.69, 9.17) is 4.74 Å². The third-order valence-corrected chi connectivity index (χ3v) is 3.68. The Labute approximate surface area is 177 Å². The number of rotatable bonds is 8. The van der Waals surface area contributed by atoms with E-state index < -0.39 is 0 Å². The van der Waals surface area contributed by atoms with Crippen molar-refractivity contribution in [3.05, 3.63) is 65.7 Å². The molecule has 7 heteroatoms. The van der Waals surface area contributed by atoms with Gasteiger partial charge in [0, 0.05) is 37.8 Å². The van der Waals surface area contributed by atoms with Crippen molar-refractivity contribution in [1.29, 1.82) is 0 Å². The number of ether oxygens (including phenoxy) is 1. The fourth-order valence-corrected chi connectivity index (χ4v) is 2.39.